The molecule has 170 valence electrons. The number of amides is 2. The molecule has 1 atom stereocenters. The van der Waals surface area contributed by atoms with Gasteiger partial charge in [0, 0.05) is 5.69 Å². The lowest BCUT2D eigenvalue weighted by molar-refractivity contribution is -0.124. The van der Waals surface area contributed by atoms with Gasteiger partial charge >= 0.3 is 0 Å². The Labute approximate surface area is 197 Å². The number of benzene rings is 2. The standard InChI is InChI=1S/C25H25N3O4S/c1-2-14-31-20-12-10-18(11-13-20)26-23(29)16-22-24(30)28(19-7-4-3-5-8-19)25(33)27(22)17-21-9-6-15-32-21/h3-13,15,22H,2,14,16-17H2,1H3,(H,26,29)/t22-/m1/s1. The number of nitrogens with one attached hydrogen (secondary N) is 1. The van der Waals surface area contributed by atoms with Gasteiger partial charge in [-0.1, -0.05) is 25.1 Å². The highest BCUT2D eigenvalue weighted by atomic mass is 32.1. The van der Waals surface area contributed by atoms with Crippen LogP contribution in [0.5, 0.6) is 5.75 Å². The second-order valence-electron chi connectivity index (χ2n) is 7.64. The minimum absolute atomic E-state index is 0.0445. The molecule has 8 heteroatoms. The van der Waals surface area contributed by atoms with E-state index in [9.17, 15) is 9.59 Å². The average Bonchev–Trinajstić information content (AvgIpc) is 3.42. The van der Waals surface area contributed by atoms with Crippen LogP contribution in [-0.2, 0) is 16.1 Å². The molecule has 1 aromatic heterocycles. The lowest BCUT2D eigenvalue weighted by Gasteiger charge is -2.22. The van der Waals surface area contributed by atoms with Gasteiger partial charge in [0.15, 0.2) is 5.11 Å². The van der Waals surface area contributed by atoms with Crippen molar-refractivity contribution in [3.8, 4) is 5.75 Å². The molecule has 0 bridgehead atoms. The van der Waals surface area contributed by atoms with Crippen LogP contribution < -0.4 is 15.0 Å². The third-order valence-corrected chi connectivity index (χ3v) is 5.65. The van der Waals surface area contributed by atoms with Gasteiger partial charge in [-0.25, -0.2) is 0 Å². The minimum atomic E-state index is -0.741. The van der Waals surface area contributed by atoms with E-state index < -0.39 is 6.04 Å². The zero-order valence-electron chi connectivity index (χ0n) is 18.3. The normalized spacial score (nSPS) is 15.7. The molecule has 3 aromatic rings. The summed E-state index contributed by atoms with van der Waals surface area (Å²) in [5.74, 6) is 0.886. The highest BCUT2D eigenvalue weighted by molar-refractivity contribution is 7.80. The zero-order chi connectivity index (χ0) is 23.2. The number of carbonyl (C=O) groups excluding carboxylic acids is 2. The summed E-state index contributed by atoms with van der Waals surface area (Å²) in [5, 5.41) is 3.21. The Balaban J connectivity index is 1.50. The van der Waals surface area contributed by atoms with Gasteiger partial charge in [0.05, 0.1) is 31.5 Å². The second kappa shape index (κ2) is 10.3. The molecular formula is C25H25N3O4S. The quantitative estimate of drug-likeness (QED) is 0.468. The summed E-state index contributed by atoms with van der Waals surface area (Å²) in [5.41, 5.74) is 1.30. The maximum absolute atomic E-state index is 13.4. The molecule has 1 saturated heterocycles. The fourth-order valence-electron chi connectivity index (χ4n) is 3.64. The maximum Gasteiger partial charge on any atom is 0.256 e. The van der Waals surface area contributed by atoms with Crippen LogP contribution in [0.1, 0.15) is 25.5 Å². The molecule has 1 aliphatic heterocycles. The predicted molar refractivity (Wildman–Crippen MR) is 130 cm³/mol. The topological polar surface area (TPSA) is 75.0 Å². The first kappa shape index (κ1) is 22.5. The fraction of sp³-hybridized carbons (Fsp3) is 0.240. The van der Waals surface area contributed by atoms with Crippen LogP contribution in [0.25, 0.3) is 0 Å². The first-order valence-electron chi connectivity index (χ1n) is 10.8. The van der Waals surface area contributed by atoms with Crippen molar-refractivity contribution in [3.63, 3.8) is 0 Å². The van der Waals surface area contributed by atoms with E-state index >= 15 is 0 Å². The molecule has 0 unspecified atom stereocenters. The van der Waals surface area contributed by atoms with E-state index in [-0.39, 0.29) is 18.2 Å². The van der Waals surface area contributed by atoms with Crippen molar-refractivity contribution in [2.45, 2.75) is 32.4 Å². The maximum atomic E-state index is 13.4. The van der Waals surface area contributed by atoms with Crippen molar-refractivity contribution in [2.75, 3.05) is 16.8 Å². The van der Waals surface area contributed by atoms with E-state index in [4.69, 9.17) is 21.4 Å². The Morgan fingerprint density at radius 3 is 2.52 bits per heavy atom. The van der Waals surface area contributed by atoms with Crippen LogP contribution in [0.4, 0.5) is 11.4 Å². The van der Waals surface area contributed by atoms with Crippen LogP contribution in [-0.4, -0.2) is 34.5 Å². The predicted octanol–water partition coefficient (Wildman–Crippen LogP) is 4.60. The van der Waals surface area contributed by atoms with Crippen molar-refractivity contribution in [3.05, 3.63) is 78.8 Å². The molecule has 0 aliphatic carbocycles. The summed E-state index contributed by atoms with van der Waals surface area (Å²) >= 11 is 5.65. The van der Waals surface area contributed by atoms with E-state index in [2.05, 4.69) is 5.32 Å². The molecule has 33 heavy (non-hydrogen) atoms. The third-order valence-electron chi connectivity index (χ3n) is 5.23. The molecule has 1 aliphatic rings. The second-order valence-corrected chi connectivity index (χ2v) is 8.01. The summed E-state index contributed by atoms with van der Waals surface area (Å²) in [7, 11) is 0. The Morgan fingerprint density at radius 2 is 1.85 bits per heavy atom. The van der Waals surface area contributed by atoms with E-state index in [1.165, 1.54) is 4.90 Å². The molecule has 7 nitrogen and oxygen atoms in total. The van der Waals surface area contributed by atoms with Gasteiger partial charge in [-0.2, -0.15) is 0 Å². The van der Waals surface area contributed by atoms with Crippen LogP contribution in [0.3, 0.4) is 0 Å². The van der Waals surface area contributed by atoms with Crippen molar-refractivity contribution in [1.82, 2.24) is 4.90 Å². The molecular weight excluding hydrogens is 438 g/mol. The summed E-state index contributed by atoms with van der Waals surface area (Å²) in [4.78, 5) is 29.4. The minimum Gasteiger partial charge on any atom is -0.494 e. The van der Waals surface area contributed by atoms with Gasteiger partial charge in [0.1, 0.15) is 17.6 Å². The summed E-state index contributed by atoms with van der Waals surface area (Å²) in [6.45, 7) is 2.97. The lowest BCUT2D eigenvalue weighted by atomic mass is 10.1. The summed E-state index contributed by atoms with van der Waals surface area (Å²) in [6.07, 6.45) is 2.45. The van der Waals surface area contributed by atoms with E-state index in [0.29, 0.717) is 35.4 Å². The molecule has 4 rings (SSSR count). The molecule has 0 saturated carbocycles. The lowest BCUT2D eigenvalue weighted by Crippen LogP contribution is -2.37. The average molecular weight is 464 g/mol. The summed E-state index contributed by atoms with van der Waals surface area (Å²) in [6, 6.07) is 19.2. The number of ether oxygens (including phenoxy) is 1. The Bertz CT molecular complexity index is 1100. The van der Waals surface area contributed by atoms with Gasteiger partial charge < -0.3 is 19.4 Å². The number of hydrogen-bond donors (Lipinski definition) is 1. The highest BCUT2D eigenvalue weighted by Gasteiger charge is 2.44. The molecule has 2 amide bonds. The van der Waals surface area contributed by atoms with Gasteiger partial charge in [-0.05, 0) is 67.2 Å². The molecule has 1 fully saturated rings. The van der Waals surface area contributed by atoms with Crippen molar-refractivity contribution in [1.29, 1.82) is 0 Å². The monoisotopic (exact) mass is 463 g/mol. The van der Waals surface area contributed by atoms with Gasteiger partial charge in [0.2, 0.25) is 5.91 Å². The van der Waals surface area contributed by atoms with E-state index in [0.717, 1.165) is 12.2 Å². The number of thiocarbonyl (C=S) groups is 1. The Hall–Kier alpha value is -3.65. The molecule has 0 radical (unpaired) electrons. The van der Waals surface area contributed by atoms with Gasteiger partial charge in [-0.15, -0.1) is 0 Å². The van der Waals surface area contributed by atoms with Crippen LogP contribution in [0, 0.1) is 0 Å². The van der Waals surface area contributed by atoms with Crippen LogP contribution in [0.2, 0.25) is 0 Å². The SMILES string of the molecule is CCCOc1ccc(NC(=O)C[C@@H]2C(=O)N(c3ccccc3)C(=S)N2Cc2ccco2)cc1. The van der Waals surface area contributed by atoms with E-state index in [1.54, 1.807) is 29.4 Å². The summed E-state index contributed by atoms with van der Waals surface area (Å²) < 4.78 is 11.0. The van der Waals surface area contributed by atoms with Crippen molar-refractivity contribution < 1.29 is 18.7 Å². The number of carbonyl (C=O) groups is 2. The highest BCUT2D eigenvalue weighted by Crippen LogP contribution is 2.29. The Kier molecular flexibility index (Phi) is 7.04. The number of hydrogen-bond acceptors (Lipinski definition) is 5. The molecule has 0 spiro atoms. The fourth-order valence-corrected chi connectivity index (χ4v) is 4.03. The first-order valence-corrected chi connectivity index (χ1v) is 11.2. The van der Waals surface area contributed by atoms with Crippen molar-refractivity contribution >= 4 is 40.5 Å². The van der Waals surface area contributed by atoms with Gasteiger partial charge in [-0.3, -0.25) is 14.5 Å². The number of furan rings is 1. The van der Waals surface area contributed by atoms with Crippen molar-refractivity contribution in [2.24, 2.45) is 0 Å². The molecule has 2 heterocycles. The van der Waals surface area contributed by atoms with Crippen LogP contribution in [0.15, 0.2) is 77.4 Å². The number of anilines is 2. The third kappa shape index (κ3) is 5.23. The zero-order valence-corrected chi connectivity index (χ0v) is 19.1. The number of rotatable bonds is 9. The molecule has 2 aromatic carbocycles. The number of nitrogens with zero attached hydrogens (tertiary/aromatic N) is 2. The van der Waals surface area contributed by atoms with Crippen LogP contribution >= 0.6 is 12.2 Å². The van der Waals surface area contributed by atoms with E-state index in [1.807, 2.05) is 55.5 Å². The largest absolute Gasteiger partial charge is 0.494 e. The van der Waals surface area contributed by atoms with Gasteiger partial charge in [0.25, 0.3) is 5.91 Å². The molecule has 1 N–H and O–H groups in total. The number of para-hydroxylation sites is 1. The first-order chi connectivity index (χ1) is 16.1. The Morgan fingerprint density at radius 1 is 1.09 bits per heavy atom. The smallest absolute Gasteiger partial charge is 0.256 e.